The molecule has 0 atom stereocenters. The first kappa shape index (κ1) is 20.4. The highest BCUT2D eigenvalue weighted by atomic mass is 32.2. The Kier molecular flexibility index (Phi) is 5.74. The van der Waals surface area contributed by atoms with E-state index in [9.17, 15) is 18.0 Å². The van der Waals surface area contributed by atoms with E-state index in [1.54, 1.807) is 0 Å². The monoisotopic (exact) mass is 445 g/mol. The summed E-state index contributed by atoms with van der Waals surface area (Å²) in [5.41, 5.74) is 0.187. The summed E-state index contributed by atoms with van der Waals surface area (Å²) in [6.07, 6.45) is -4.51. The number of anilines is 1. The summed E-state index contributed by atoms with van der Waals surface area (Å²) in [5, 5.41) is 13.0. The third-order valence-corrected chi connectivity index (χ3v) is 6.33. The van der Waals surface area contributed by atoms with Gasteiger partial charge in [0, 0.05) is 11.3 Å². The fraction of sp³-hybridized carbons (Fsp3) is 0.0952. The first-order valence-electron chi connectivity index (χ1n) is 8.82. The molecule has 0 bridgehead atoms. The predicted molar refractivity (Wildman–Crippen MR) is 113 cm³/mol. The van der Waals surface area contributed by atoms with Crippen LogP contribution >= 0.6 is 23.1 Å². The summed E-state index contributed by atoms with van der Waals surface area (Å²) in [6, 6.07) is 18.4. The van der Waals surface area contributed by atoms with Crippen LogP contribution in [-0.2, 0) is 11.9 Å². The molecule has 30 heavy (non-hydrogen) atoms. The fourth-order valence-electron chi connectivity index (χ4n) is 2.88. The third kappa shape index (κ3) is 4.63. The second kappa shape index (κ2) is 8.45. The number of nitrogens with one attached hydrogen (secondary N) is 1. The maximum absolute atomic E-state index is 12.8. The van der Waals surface area contributed by atoms with Gasteiger partial charge in [-0.25, -0.2) is 0 Å². The molecule has 4 nitrogen and oxygen atoms in total. The quantitative estimate of drug-likeness (QED) is 0.291. The maximum Gasteiger partial charge on any atom is 0.416 e. The molecule has 152 valence electrons. The number of aromatic nitrogens is 2. The van der Waals surface area contributed by atoms with Crippen molar-refractivity contribution in [3.63, 3.8) is 0 Å². The number of amides is 1. The Bertz CT molecular complexity index is 1200. The van der Waals surface area contributed by atoms with Gasteiger partial charge in [-0.2, -0.15) is 13.2 Å². The maximum atomic E-state index is 12.8. The summed E-state index contributed by atoms with van der Waals surface area (Å²) in [6.45, 7) is 0. The number of halogens is 3. The van der Waals surface area contributed by atoms with E-state index in [0.717, 1.165) is 28.5 Å². The standard InChI is InChI=1S/C21H14F3N3OS2/c22-21(23,24)16-9-4-7-14(11-16)18(28)25-19-26-27-20(30-19)29-12-15-8-3-6-13-5-1-2-10-17(13)15/h1-11H,12H2,(H,25,26,28). The molecule has 4 aromatic rings. The van der Waals surface area contributed by atoms with Crippen LogP contribution in [0.25, 0.3) is 10.8 Å². The Morgan fingerprint density at radius 3 is 2.60 bits per heavy atom. The Hall–Kier alpha value is -2.91. The van der Waals surface area contributed by atoms with Gasteiger partial charge in [-0.1, -0.05) is 71.6 Å². The van der Waals surface area contributed by atoms with Gasteiger partial charge in [0.05, 0.1) is 5.56 Å². The van der Waals surface area contributed by atoms with Gasteiger partial charge < -0.3 is 0 Å². The average Bonchev–Trinajstić information content (AvgIpc) is 3.19. The van der Waals surface area contributed by atoms with Gasteiger partial charge in [-0.05, 0) is 34.5 Å². The van der Waals surface area contributed by atoms with E-state index < -0.39 is 17.6 Å². The topological polar surface area (TPSA) is 54.9 Å². The lowest BCUT2D eigenvalue weighted by molar-refractivity contribution is -0.137. The molecule has 0 unspecified atom stereocenters. The number of nitrogens with zero attached hydrogens (tertiary/aromatic N) is 2. The number of fused-ring (bicyclic) bond motifs is 1. The van der Waals surface area contributed by atoms with Crippen molar-refractivity contribution in [2.45, 2.75) is 16.3 Å². The molecule has 1 N–H and O–H groups in total. The van der Waals surface area contributed by atoms with E-state index in [2.05, 4.69) is 33.7 Å². The van der Waals surface area contributed by atoms with E-state index >= 15 is 0 Å². The van der Waals surface area contributed by atoms with Crippen molar-refractivity contribution in [3.8, 4) is 0 Å². The van der Waals surface area contributed by atoms with Gasteiger partial charge in [0.2, 0.25) is 5.13 Å². The second-order valence-corrected chi connectivity index (χ2v) is 8.53. The van der Waals surface area contributed by atoms with Crippen LogP contribution in [0.15, 0.2) is 71.1 Å². The average molecular weight is 445 g/mol. The minimum atomic E-state index is -4.51. The zero-order valence-electron chi connectivity index (χ0n) is 15.3. The highest BCUT2D eigenvalue weighted by Gasteiger charge is 2.31. The van der Waals surface area contributed by atoms with Crippen molar-refractivity contribution in [1.29, 1.82) is 0 Å². The molecule has 4 rings (SSSR count). The summed E-state index contributed by atoms with van der Waals surface area (Å²) < 4.78 is 39.1. The lowest BCUT2D eigenvalue weighted by Crippen LogP contribution is -2.13. The van der Waals surface area contributed by atoms with Crippen molar-refractivity contribution in [2.75, 3.05) is 5.32 Å². The molecule has 1 aromatic heterocycles. The molecule has 0 saturated heterocycles. The van der Waals surface area contributed by atoms with Gasteiger partial charge in [-0.15, -0.1) is 10.2 Å². The van der Waals surface area contributed by atoms with E-state index in [0.29, 0.717) is 10.1 Å². The van der Waals surface area contributed by atoms with Gasteiger partial charge >= 0.3 is 6.18 Å². The summed E-state index contributed by atoms with van der Waals surface area (Å²) in [7, 11) is 0. The van der Waals surface area contributed by atoms with Crippen LogP contribution in [-0.4, -0.2) is 16.1 Å². The molecule has 1 heterocycles. The zero-order valence-corrected chi connectivity index (χ0v) is 16.9. The first-order valence-corrected chi connectivity index (χ1v) is 10.6. The second-order valence-electron chi connectivity index (χ2n) is 6.33. The number of hydrogen-bond acceptors (Lipinski definition) is 5. The minimum Gasteiger partial charge on any atom is -0.296 e. The van der Waals surface area contributed by atoms with Gasteiger partial charge in [0.1, 0.15) is 0 Å². The van der Waals surface area contributed by atoms with Crippen LogP contribution in [0.1, 0.15) is 21.5 Å². The van der Waals surface area contributed by atoms with Crippen molar-refractivity contribution >= 4 is 44.9 Å². The zero-order chi connectivity index (χ0) is 21.1. The van der Waals surface area contributed by atoms with Crippen LogP contribution < -0.4 is 5.32 Å². The summed E-state index contributed by atoms with van der Waals surface area (Å²) in [5.74, 6) is 0.0141. The van der Waals surface area contributed by atoms with Gasteiger partial charge in [-0.3, -0.25) is 10.1 Å². The third-order valence-electron chi connectivity index (χ3n) is 4.31. The lowest BCUT2D eigenvalue weighted by Gasteiger charge is -2.08. The lowest BCUT2D eigenvalue weighted by atomic mass is 10.1. The molecule has 3 aromatic carbocycles. The minimum absolute atomic E-state index is 0.0926. The Morgan fingerprint density at radius 2 is 1.77 bits per heavy atom. The van der Waals surface area contributed by atoms with Gasteiger partial charge in [0.15, 0.2) is 4.34 Å². The Labute approximate surface area is 178 Å². The fourth-order valence-corrected chi connectivity index (χ4v) is 4.63. The highest BCUT2D eigenvalue weighted by molar-refractivity contribution is 8.00. The smallest absolute Gasteiger partial charge is 0.296 e. The van der Waals surface area contributed by atoms with Crippen LogP contribution in [0.5, 0.6) is 0 Å². The van der Waals surface area contributed by atoms with Crippen molar-refractivity contribution in [2.24, 2.45) is 0 Å². The van der Waals surface area contributed by atoms with E-state index in [4.69, 9.17) is 0 Å². The molecule has 0 saturated carbocycles. The summed E-state index contributed by atoms with van der Waals surface area (Å²) >= 11 is 2.66. The molecule has 0 fully saturated rings. The predicted octanol–water partition coefficient (Wildman–Crippen LogP) is 6.25. The molecule has 0 aliphatic heterocycles. The van der Waals surface area contributed by atoms with Crippen LogP contribution in [0, 0.1) is 0 Å². The summed E-state index contributed by atoms with van der Waals surface area (Å²) in [4.78, 5) is 12.3. The molecule has 9 heteroatoms. The van der Waals surface area contributed by atoms with Crippen molar-refractivity contribution < 1.29 is 18.0 Å². The number of carbonyl (C=O) groups is 1. The molecule has 0 spiro atoms. The number of hydrogen-bond donors (Lipinski definition) is 1. The van der Waals surface area contributed by atoms with E-state index in [-0.39, 0.29) is 10.7 Å². The first-order chi connectivity index (χ1) is 14.4. The van der Waals surface area contributed by atoms with Crippen LogP contribution in [0.3, 0.4) is 0 Å². The number of carbonyl (C=O) groups excluding carboxylic acids is 1. The SMILES string of the molecule is O=C(Nc1nnc(SCc2cccc3ccccc23)s1)c1cccc(C(F)(F)F)c1. The van der Waals surface area contributed by atoms with E-state index in [1.165, 1.54) is 35.2 Å². The normalized spacial score (nSPS) is 11.6. The van der Waals surface area contributed by atoms with E-state index in [1.807, 2.05) is 24.3 Å². The molecule has 0 aliphatic rings. The number of benzene rings is 3. The number of rotatable bonds is 5. The van der Waals surface area contributed by atoms with Gasteiger partial charge in [0.25, 0.3) is 5.91 Å². The molecular weight excluding hydrogens is 431 g/mol. The molecule has 0 radical (unpaired) electrons. The van der Waals surface area contributed by atoms with Crippen molar-refractivity contribution in [3.05, 3.63) is 83.4 Å². The number of thioether (sulfide) groups is 1. The molecule has 0 aliphatic carbocycles. The molecule has 1 amide bonds. The van der Waals surface area contributed by atoms with Crippen molar-refractivity contribution in [1.82, 2.24) is 10.2 Å². The highest BCUT2D eigenvalue weighted by Crippen LogP contribution is 2.32. The number of alkyl halides is 3. The molecular formula is C21H14F3N3OS2. The van der Waals surface area contributed by atoms with Crippen LogP contribution in [0.4, 0.5) is 18.3 Å². The van der Waals surface area contributed by atoms with Crippen LogP contribution in [0.2, 0.25) is 0 Å². The Balaban J connectivity index is 1.42. The largest absolute Gasteiger partial charge is 0.416 e. The Morgan fingerprint density at radius 1 is 1.00 bits per heavy atom.